The van der Waals surface area contributed by atoms with Crippen molar-refractivity contribution in [3.8, 4) is 0 Å². The van der Waals surface area contributed by atoms with Crippen molar-refractivity contribution >= 4 is 5.91 Å². The van der Waals surface area contributed by atoms with E-state index >= 15 is 0 Å². The van der Waals surface area contributed by atoms with Gasteiger partial charge in [0.2, 0.25) is 5.91 Å². The standard InChI is InChI=1S/C8H17N3O/c1-11(2)8(12)7-6-9-4-3-5-10-7/h7,9-10H,3-6H2,1-2H3. The summed E-state index contributed by atoms with van der Waals surface area (Å²) >= 11 is 0. The normalized spacial score (nSPS) is 24.7. The van der Waals surface area contributed by atoms with Crippen LogP contribution in [0.1, 0.15) is 6.42 Å². The number of hydrogen-bond acceptors (Lipinski definition) is 3. The summed E-state index contributed by atoms with van der Waals surface area (Å²) in [5.74, 6) is 0.157. The van der Waals surface area contributed by atoms with Crippen LogP contribution in [0.5, 0.6) is 0 Å². The largest absolute Gasteiger partial charge is 0.347 e. The molecule has 0 aromatic heterocycles. The van der Waals surface area contributed by atoms with Crippen molar-refractivity contribution in [1.82, 2.24) is 15.5 Å². The Kier molecular flexibility index (Phi) is 3.49. The number of rotatable bonds is 1. The second-order valence-electron chi connectivity index (χ2n) is 3.30. The van der Waals surface area contributed by atoms with Gasteiger partial charge >= 0.3 is 0 Å². The van der Waals surface area contributed by atoms with E-state index in [0.29, 0.717) is 0 Å². The van der Waals surface area contributed by atoms with Gasteiger partial charge in [0.05, 0.1) is 6.04 Å². The highest BCUT2D eigenvalue weighted by atomic mass is 16.2. The monoisotopic (exact) mass is 171 g/mol. The Morgan fingerprint density at radius 2 is 2.17 bits per heavy atom. The molecule has 1 rings (SSSR count). The summed E-state index contributed by atoms with van der Waals surface area (Å²) in [5.41, 5.74) is 0. The zero-order chi connectivity index (χ0) is 8.97. The first kappa shape index (κ1) is 9.48. The molecule has 0 aromatic carbocycles. The predicted molar refractivity (Wildman–Crippen MR) is 48.0 cm³/mol. The first-order chi connectivity index (χ1) is 5.72. The molecule has 1 aliphatic rings. The quantitative estimate of drug-likeness (QED) is 0.533. The van der Waals surface area contributed by atoms with Crippen LogP contribution in [0.25, 0.3) is 0 Å². The van der Waals surface area contributed by atoms with Gasteiger partial charge in [-0.05, 0) is 19.5 Å². The molecule has 0 spiro atoms. The topological polar surface area (TPSA) is 44.4 Å². The molecule has 12 heavy (non-hydrogen) atoms. The third-order valence-electron chi connectivity index (χ3n) is 2.01. The number of amides is 1. The summed E-state index contributed by atoms with van der Waals surface area (Å²) in [7, 11) is 3.57. The van der Waals surface area contributed by atoms with Crippen LogP contribution in [-0.2, 0) is 4.79 Å². The van der Waals surface area contributed by atoms with E-state index in [2.05, 4.69) is 10.6 Å². The van der Waals surface area contributed by atoms with Gasteiger partial charge in [0, 0.05) is 20.6 Å². The van der Waals surface area contributed by atoms with Crippen LogP contribution in [0.4, 0.5) is 0 Å². The van der Waals surface area contributed by atoms with Crippen LogP contribution in [0.2, 0.25) is 0 Å². The number of hydrogen-bond donors (Lipinski definition) is 2. The van der Waals surface area contributed by atoms with Gasteiger partial charge in [-0.2, -0.15) is 0 Å². The number of carbonyl (C=O) groups excluding carboxylic acids is 1. The molecule has 2 N–H and O–H groups in total. The number of likely N-dealkylation sites (N-methyl/N-ethyl adjacent to an activating group) is 1. The highest BCUT2D eigenvalue weighted by Gasteiger charge is 2.20. The van der Waals surface area contributed by atoms with Gasteiger partial charge in [-0.3, -0.25) is 4.79 Å². The Bertz CT molecular complexity index is 150. The van der Waals surface area contributed by atoms with Crippen LogP contribution in [0, 0.1) is 0 Å². The SMILES string of the molecule is CN(C)C(=O)C1CNCCCN1. The molecule has 0 aliphatic carbocycles. The second-order valence-corrected chi connectivity index (χ2v) is 3.30. The minimum Gasteiger partial charge on any atom is -0.347 e. The van der Waals surface area contributed by atoms with Gasteiger partial charge < -0.3 is 15.5 Å². The zero-order valence-electron chi connectivity index (χ0n) is 7.76. The van der Waals surface area contributed by atoms with E-state index in [1.165, 1.54) is 0 Å². The Morgan fingerprint density at radius 1 is 1.42 bits per heavy atom. The fraction of sp³-hybridized carbons (Fsp3) is 0.875. The molecule has 1 fully saturated rings. The summed E-state index contributed by atoms with van der Waals surface area (Å²) in [4.78, 5) is 13.1. The minimum absolute atomic E-state index is 0.0394. The van der Waals surface area contributed by atoms with Crippen molar-refractivity contribution in [3.63, 3.8) is 0 Å². The molecule has 0 saturated carbocycles. The average molecular weight is 171 g/mol. The molecule has 1 atom stereocenters. The summed E-state index contributed by atoms with van der Waals surface area (Å²) in [5, 5.41) is 6.43. The van der Waals surface area contributed by atoms with Crippen LogP contribution < -0.4 is 10.6 Å². The Morgan fingerprint density at radius 3 is 2.83 bits per heavy atom. The van der Waals surface area contributed by atoms with E-state index in [0.717, 1.165) is 26.1 Å². The lowest BCUT2D eigenvalue weighted by atomic mass is 10.2. The van der Waals surface area contributed by atoms with Gasteiger partial charge in [0.15, 0.2) is 0 Å². The molecule has 1 heterocycles. The molecule has 0 bridgehead atoms. The molecule has 1 saturated heterocycles. The van der Waals surface area contributed by atoms with E-state index in [1.807, 2.05) is 0 Å². The van der Waals surface area contributed by atoms with Gasteiger partial charge in [-0.25, -0.2) is 0 Å². The number of nitrogens with zero attached hydrogens (tertiary/aromatic N) is 1. The maximum Gasteiger partial charge on any atom is 0.240 e. The van der Waals surface area contributed by atoms with E-state index in [4.69, 9.17) is 0 Å². The van der Waals surface area contributed by atoms with Crippen LogP contribution in [0.3, 0.4) is 0 Å². The Balaban J connectivity index is 2.43. The molecule has 1 amide bonds. The van der Waals surface area contributed by atoms with Crippen molar-refractivity contribution in [2.24, 2.45) is 0 Å². The van der Waals surface area contributed by atoms with Crippen molar-refractivity contribution in [3.05, 3.63) is 0 Å². The summed E-state index contributed by atoms with van der Waals surface area (Å²) in [6, 6.07) is -0.0394. The van der Waals surface area contributed by atoms with Crippen molar-refractivity contribution in [2.45, 2.75) is 12.5 Å². The van der Waals surface area contributed by atoms with Gasteiger partial charge in [0.25, 0.3) is 0 Å². The highest BCUT2D eigenvalue weighted by Crippen LogP contribution is 1.92. The highest BCUT2D eigenvalue weighted by molar-refractivity contribution is 5.81. The second kappa shape index (κ2) is 4.42. The predicted octanol–water partition coefficient (Wildman–Crippen LogP) is -0.974. The smallest absolute Gasteiger partial charge is 0.240 e. The van der Waals surface area contributed by atoms with E-state index < -0.39 is 0 Å². The lowest BCUT2D eigenvalue weighted by Gasteiger charge is -2.19. The molecular weight excluding hydrogens is 154 g/mol. The first-order valence-electron chi connectivity index (χ1n) is 4.37. The molecule has 0 aromatic rings. The van der Waals surface area contributed by atoms with E-state index in [1.54, 1.807) is 19.0 Å². The first-order valence-corrected chi connectivity index (χ1v) is 4.37. The molecule has 1 unspecified atom stereocenters. The molecule has 0 radical (unpaired) electrons. The molecule has 4 heteroatoms. The lowest BCUT2D eigenvalue weighted by Crippen LogP contribution is -2.47. The van der Waals surface area contributed by atoms with Crippen LogP contribution in [0.15, 0.2) is 0 Å². The van der Waals surface area contributed by atoms with E-state index in [-0.39, 0.29) is 11.9 Å². The van der Waals surface area contributed by atoms with Crippen molar-refractivity contribution in [1.29, 1.82) is 0 Å². The fourth-order valence-electron chi connectivity index (χ4n) is 1.29. The maximum absolute atomic E-state index is 11.5. The summed E-state index contributed by atoms with van der Waals surface area (Å²) in [6.45, 7) is 2.68. The summed E-state index contributed by atoms with van der Waals surface area (Å²) in [6.07, 6.45) is 1.09. The Labute approximate surface area is 73.3 Å². The van der Waals surface area contributed by atoms with Gasteiger partial charge in [-0.1, -0.05) is 0 Å². The molecule has 4 nitrogen and oxygen atoms in total. The van der Waals surface area contributed by atoms with Gasteiger partial charge in [0.1, 0.15) is 0 Å². The van der Waals surface area contributed by atoms with Crippen molar-refractivity contribution in [2.75, 3.05) is 33.7 Å². The van der Waals surface area contributed by atoms with Crippen LogP contribution in [-0.4, -0.2) is 50.6 Å². The maximum atomic E-state index is 11.5. The van der Waals surface area contributed by atoms with Gasteiger partial charge in [-0.15, -0.1) is 0 Å². The molecule has 70 valence electrons. The average Bonchev–Trinajstić information content (AvgIpc) is 2.30. The number of carbonyl (C=O) groups is 1. The third kappa shape index (κ3) is 2.46. The number of nitrogens with one attached hydrogen (secondary N) is 2. The fourth-order valence-corrected chi connectivity index (χ4v) is 1.29. The van der Waals surface area contributed by atoms with Crippen molar-refractivity contribution < 1.29 is 4.79 Å². The molecular formula is C8H17N3O. The third-order valence-corrected chi connectivity index (χ3v) is 2.01. The van der Waals surface area contributed by atoms with E-state index in [9.17, 15) is 4.79 Å². The molecule has 1 aliphatic heterocycles. The zero-order valence-corrected chi connectivity index (χ0v) is 7.76. The lowest BCUT2D eigenvalue weighted by molar-refractivity contribution is -0.130. The summed E-state index contributed by atoms with van der Waals surface area (Å²) < 4.78 is 0. The van der Waals surface area contributed by atoms with Crippen LogP contribution >= 0.6 is 0 Å². The Hall–Kier alpha value is -0.610. The minimum atomic E-state index is -0.0394.